The van der Waals surface area contributed by atoms with Crippen molar-refractivity contribution >= 4 is 22.7 Å². The number of fused-ring (bicyclic) bond motifs is 3. The molecule has 1 spiro atoms. The Balaban J connectivity index is 1.30. The van der Waals surface area contributed by atoms with Gasteiger partial charge in [-0.25, -0.2) is 19.3 Å². The van der Waals surface area contributed by atoms with Gasteiger partial charge in [0.15, 0.2) is 11.5 Å². The van der Waals surface area contributed by atoms with Crippen molar-refractivity contribution in [2.24, 2.45) is 0 Å². The Morgan fingerprint density at radius 3 is 2.68 bits per heavy atom. The quantitative estimate of drug-likeness (QED) is 0.420. The van der Waals surface area contributed by atoms with E-state index in [2.05, 4.69) is 54.6 Å². The lowest BCUT2D eigenvalue weighted by Gasteiger charge is -2.47. The van der Waals surface area contributed by atoms with Gasteiger partial charge in [0, 0.05) is 35.1 Å². The summed E-state index contributed by atoms with van der Waals surface area (Å²) >= 11 is 0. The van der Waals surface area contributed by atoms with E-state index in [0.29, 0.717) is 22.8 Å². The third kappa shape index (κ3) is 3.69. The number of nitrogens with one attached hydrogen (secondary N) is 2. The van der Waals surface area contributed by atoms with Gasteiger partial charge < -0.3 is 10.6 Å². The van der Waals surface area contributed by atoms with Crippen LogP contribution >= 0.6 is 0 Å². The van der Waals surface area contributed by atoms with E-state index in [1.165, 1.54) is 30.4 Å². The normalized spacial score (nSPS) is 18.6. The van der Waals surface area contributed by atoms with Gasteiger partial charge >= 0.3 is 0 Å². The van der Waals surface area contributed by atoms with E-state index in [-0.39, 0.29) is 22.6 Å². The van der Waals surface area contributed by atoms with E-state index in [1.54, 1.807) is 6.20 Å². The SMILES string of the molecule is CC(C)(C)c1cccc(-n2c3nc(Nc4ccc5c(c4)CCNC54CCC4)ncc3c(=O)n2C2CC2)n1. The number of nitrogens with zero attached hydrogens (tertiary/aromatic N) is 5. The summed E-state index contributed by atoms with van der Waals surface area (Å²) < 4.78 is 3.72. The lowest BCUT2D eigenvalue weighted by molar-refractivity contribution is 0.176. The van der Waals surface area contributed by atoms with Crippen LogP contribution in [0.5, 0.6) is 0 Å². The first kappa shape index (κ1) is 22.7. The first-order valence-electron chi connectivity index (χ1n) is 13.5. The van der Waals surface area contributed by atoms with Crippen molar-refractivity contribution in [2.45, 2.75) is 76.3 Å². The van der Waals surface area contributed by atoms with Crippen molar-refractivity contribution in [3.05, 3.63) is 69.8 Å². The van der Waals surface area contributed by atoms with Crippen LogP contribution in [0.1, 0.15) is 75.7 Å². The van der Waals surface area contributed by atoms with Crippen LogP contribution in [0.2, 0.25) is 0 Å². The molecule has 7 rings (SSSR count). The highest BCUT2D eigenvalue weighted by molar-refractivity contribution is 5.77. The summed E-state index contributed by atoms with van der Waals surface area (Å²) in [5, 5.41) is 7.68. The maximum Gasteiger partial charge on any atom is 0.278 e. The largest absolute Gasteiger partial charge is 0.324 e. The van der Waals surface area contributed by atoms with Gasteiger partial charge in [-0.15, -0.1) is 0 Å². The van der Waals surface area contributed by atoms with Gasteiger partial charge in [-0.2, -0.15) is 4.98 Å². The number of hydrogen-bond donors (Lipinski definition) is 2. The summed E-state index contributed by atoms with van der Waals surface area (Å²) in [7, 11) is 0. The molecule has 2 N–H and O–H groups in total. The second-order valence-electron chi connectivity index (χ2n) is 11.9. The molecule has 2 fully saturated rings. The highest BCUT2D eigenvalue weighted by atomic mass is 16.1. The van der Waals surface area contributed by atoms with Crippen LogP contribution in [0.3, 0.4) is 0 Å². The third-order valence-corrected chi connectivity index (χ3v) is 8.18. The predicted octanol–water partition coefficient (Wildman–Crippen LogP) is 4.88. The molecule has 0 saturated heterocycles. The Bertz CT molecular complexity index is 1580. The molecule has 0 bridgehead atoms. The lowest BCUT2D eigenvalue weighted by atomic mass is 9.68. The minimum Gasteiger partial charge on any atom is -0.324 e. The van der Waals surface area contributed by atoms with Crippen LogP contribution < -0.4 is 16.2 Å². The maximum atomic E-state index is 13.4. The van der Waals surface area contributed by atoms with E-state index >= 15 is 0 Å². The molecule has 37 heavy (non-hydrogen) atoms. The van der Waals surface area contributed by atoms with Gasteiger partial charge in [-0.05, 0) is 73.9 Å². The fourth-order valence-electron chi connectivity index (χ4n) is 5.87. The van der Waals surface area contributed by atoms with E-state index in [0.717, 1.165) is 37.2 Å². The molecule has 190 valence electrons. The molecule has 2 aliphatic carbocycles. The Morgan fingerprint density at radius 2 is 1.95 bits per heavy atom. The number of rotatable bonds is 4. The van der Waals surface area contributed by atoms with Crippen molar-refractivity contribution in [3.63, 3.8) is 0 Å². The fraction of sp³-hybridized carbons (Fsp3) is 0.448. The maximum absolute atomic E-state index is 13.4. The molecule has 3 aromatic heterocycles. The van der Waals surface area contributed by atoms with Crippen LogP contribution in [0, 0.1) is 0 Å². The Labute approximate surface area is 216 Å². The number of pyridine rings is 1. The van der Waals surface area contributed by atoms with Gasteiger partial charge in [0.25, 0.3) is 5.56 Å². The van der Waals surface area contributed by atoms with Crippen molar-refractivity contribution < 1.29 is 0 Å². The Morgan fingerprint density at radius 1 is 1.11 bits per heavy atom. The van der Waals surface area contributed by atoms with Crippen molar-refractivity contribution in [3.8, 4) is 5.82 Å². The molecule has 0 atom stereocenters. The van der Waals surface area contributed by atoms with E-state index in [4.69, 9.17) is 9.97 Å². The molecular weight excluding hydrogens is 462 g/mol. The minimum atomic E-state index is -0.106. The highest BCUT2D eigenvalue weighted by Crippen LogP contribution is 2.45. The van der Waals surface area contributed by atoms with Gasteiger partial charge in [-0.1, -0.05) is 32.9 Å². The molecular formula is C29H33N7O. The van der Waals surface area contributed by atoms with Crippen LogP contribution in [0.4, 0.5) is 11.6 Å². The zero-order valence-electron chi connectivity index (χ0n) is 21.7. The molecule has 0 amide bonds. The second-order valence-corrected chi connectivity index (χ2v) is 11.9. The molecule has 0 unspecified atom stereocenters. The zero-order chi connectivity index (χ0) is 25.4. The molecule has 4 heterocycles. The number of hydrogen-bond acceptors (Lipinski definition) is 6. The highest BCUT2D eigenvalue weighted by Gasteiger charge is 2.41. The Hall–Kier alpha value is -3.52. The van der Waals surface area contributed by atoms with Crippen LogP contribution in [-0.2, 0) is 17.4 Å². The van der Waals surface area contributed by atoms with E-state index in [9.17, 15) is 4.79 Å². The molecule has 0 radical (unpaired) electrons. The van der Waals surface area contributed by atoms with Gasteiger partial charge in [-0.3, -0.25) is 4.79 Å². The first-order chi connectivity index (χ1) is 17.8. The third-order valence-electron chi connectivity index (χ3n) is 8.18. The summed E-state index contributed by atoms with van der Waals surface area (Å²) in [6.07, 6.45) is 8.36. The first-order valence-corrected chi connectivity index (χ1v) is 13.5. The molecule has 3 aliphatic rings. The standard InChI is InChI=1S/C29H33N7O/c1-28(2,3)23-6-4-7-24(33-23)36-25-21(26(37)35(36)20-9-10-20)17-30-27(34-25)32-19-8-11-22-18(16-19)12-15-31-29(22)13-5-14-29/h4,6-8,11,16-17,20,31H,5,9-10,12-15H2,1-3H3,(H,30,32,34). The number of benzene rings is 1. The predicted molar refractivity (Wildman–Crippen MR) is 145 cm³/mol. The van der Waals surface area contributed by atoms with Crippen molar-refractivity contribution in [2.75, 3.05) is 11.9 Å². The Kier molecular flexibility index (Phi) is 4.89. The summed E-state index contributed by atoms with van der Waals surface area (Å²) in [6, 6.07) is 12.8. The van der Waals surface area contributed by atoms with Gasteiger partial charge in [0.05, 0.1) is 6.04 Å². The van der Waals surface area contributed by atoms with Gasteiger partial charge in [0.2, 0.25) is 5.95 Å². The van der Waals surface area contributed by atoms with Crippen LogP contribution in [0.15, 0.2) is 47.4 Å². The molecule has 1 aliphatic heterocycles. The topological polar surface area (TPSA) is 89.7 Å². The number of aromatic nitrogens is 5. The average Bonchev–Trinajstić information content (AvgIpc) is 3.66. The summed E-state index contributed by atoms with van der Waals surface area (Å²) in [5.41, 5.74) is 5.38. The molecule has 8 nitrogen and oxygen atoms in total. The average molecular weight is 496 g/mol. The molecule has 4 aromatic rings. The summed E-state index contributed by atoms with van der Waals surface area (Å²) in [5.74, 6) is 1.19. The van der Waals surface area contributed by atoms with E-state index < -0.39 is 0 Å². The zero-order valence-corrected chi connectivity index (χ0v) is 21.7. The molecule has 1 aromatic carbocycles. The summed E-state index contributed by atoms with van der Waals surface area (Å²) in [6.45, 7) is 7.45. The second kappa shape index (κ2) is 7.99. The van der Waals surface area contributed by atoms with E-state index in [1.807, 2.05) is 27.6 Å². The fourth-order valence-corrected chi connectivity index (χ4v) is 5.87. The smallest absolute Gasteiger partial charge is 0.278 e. The molecule has 8 heteroatoms. The number of anilines is 2. The van der Waals surface area contributed by atoms with Crippen LogP contribution in [-0.4, -0.2) is 30.9 Å². The monoisotopic (exact) mass is 495 g/mol. The summed E-state index contributed by atoms with van der Waals surface area (Å²) in [4.78, 5) is 27.8. The van der Waals surface area contributed by atoms with Crippen LogP contribution in [0.25, 0.3) is 16.9 Å². The lowest BCUT2D eigenvalue weighted by Crippen LogP contribution is -2.51. The molecule has 2 saturated carbocycles. The van der Waals surface area contributed by atoms with Gasteiger partial charge in [0.1, 0.15) is 5.39 Å². The van der Waals surface area contributed by atoms with Crippen molar-refractivity contribution in [1.29, 1.82) is 0 Å². The van der Waals surface area contributed by atoms with Crippen molar-refractivity contribution in [1.82, 2.24) is 29.6 Å². The minimum absolute atomic E-state index is 0.0564.